The van der Waals surface area contributed by atoms with Crippen LogP contribution in [0.4, 0.5) is 0 Å². The monoisotopic (exact) mass is 959 g/mol. The molecule has 0 bridgehead atoms. The fourth-order valence-electron chi connectivity index (χ4n) is 7.57. The first-order chi connectivity index (χ1) is 30.0. The van der Waals surface area contributed by atoms with Gasteiger partial charge in [0.1, 0.15) is 11.6 Å². The zero-order chi connectivity index (χ0) is 46.2. The molecule has 0 saturated heterocycles. The molecule has 0 aliphatic carbocycles. The molecular weight excluding hydrogens is 902 g/mol. The van der Waals surface area contributed by atoms with Crippen LogP contribution < -0.4 is 0 Å². The van der Waals surface area contributed by atoms with Crippen LogP contribution >= 0.6 is 0 Å². The molecule has 2 aromatic heterocycles. The van der Waals surface area contributed by atoms with E-state index in [0.717, 1.165) is 55.7 Å². The number of nitrogens with zero attached hydrogens (tertiary/aromatic N) is 3. The van der Waals surface area contributed by atoms with Gasteiger partial charge in [-0.3, -0.25) is 9.55 Å². The Morgan fingerprint density at radius 2 is 1.44 bits per heavy atom. The van der Waals surface area contributed by atoms with Crippen LogP contribution in [-0.2, 0) is 31.9 Å². The van der Waals surface area contributed by atoms with Gasteiger partial charge in [-0.2, -0.15) is 0 Å². The van der Waals surface area contributed by atoms with Crippen LogP contribution in [0.25, 0.3) is 72.7 Å². The van der Waals surface area contributed by atoms with E-state index in [1.54, 1.807) is 18.3 Å². The average molecular weight is 960 g/mol. The first-order valence-corrected chi connectivity index (χ1v) is 19.7. The summed E-state index contributed by atoms with van der Waals surface area (Å²) in [5.74, 6) is -0.139. The van der Waals surface area contributed by atoms with Crippen molar-refractivity contribution < 1.29 is 34.4 Å². The molecule has 0 amide bonds. The normalized spacial score (nSPS) is 13.5. The van der Waals surface area contributed by atoms with Crippen LogP contribution in [0.1, 0.15) is 91.8 Å². The molecule has 0 aliphatic heterocycles. The topological polar surface area (TPSA) is 50.9 Å². The molecular formula is C54H52N3OPt-. The number of rotatable bonds is 7. The Hall–Kier alpha value is -5.57. The Labute approximate surface area is 372 Å². The van der Waals surface area contributed by atoms with Gasteiger partial charge in [-0.05, 0) is 81.8 Å². The second-order valence-corrected chi connectivity index (χ2v) is 17.4. The predicted octanol–water partition coefficient (Wildman–Crippen LogP) is 14.3. The van der Waals surface area contributed by atoms with Crippen molar-refractivity contribution in [3.8, 4) is 67.5 Å². The molecule has 1 N–H and O–H groups in total. The van der Waals surface area contributed by atoms with Crippen molar-refractivity contribution in [2.24, 2.45) is 0 Å². The van der Waals surface area contributed by atoms with Crippen LogP contribution in [0.2, 0.25) is 0 Å². The van der Waals surface area contributed by atoms with Crippen LogP contribution in [0.5, 0.6) is 5.75 Å². The summed E-state index contributed by atoms with van der Waals surface area (Å²) in [7, 11) is 0. The van der Waals surface area contributed by atoms with Gasteiger partial charge in [0.05, 0.1) is 29.1 Å². The number of phenols is 1. The number of hydrogen-bond acceptors (Lipinski definition) is 3. The number of imidazole rings is 1. The molecule has 8 aromatic rings. The van der Waals surface area contributed by atoms with Crippen molar-refractivity contribution >= 4 is 11.0 Å². The maximum absolute atomic E-state index is 12.2. The zero-order valence-electron chi connectivity index (χ0n) is 41.0. The second-order valence-electron chi connectivity index (χ2n) is 17.4. The fraction of sp³-hybridized carbons (Fsp3) is 0.222. The molecule has 300 valence electrons. The largest absolute Gasteiger partial charge is 0.507 e. The number of fused-ring (bicyclic) bond motifs is 1. The minimum absolute atomic E-state index is 0. The summed E-state index contributed by atoms with van der Waals surface area (Å²) in [6, 6.07) is 35.8. The Morgan fingerprint density at radius 3 is 2.14 bits per heavy atom. The van der Waals surface area contributed by atoms with E-state index in [9.17, 15) is 5.11 Å². The Balaban J connectivity index is 0.00000630. The van der Waals surface area contributed by atoms with Gasteiger partial charge in [-0.1, -0.05) is 157 Å². The number of hydrogen-bond donors (Lipinski definition) is 1. The summed E-state index contributed by atoms with van der Waals surface area (Å²) >= 11 is 0. The smallest absolute Gasteiger partial charge is 0.148 e. The Kier molecular flexibility index (Phi) is 9.44. The van der Waals surface area contributed by atoms with E-state index < -0.39 is 24.0 Å². The van der Waals surface area contributed by atoms with Crippen molar-refractivity contribution in [1.82, 2.24) is 14.5 Å². The van der Waals surface area contributed by atoms with E-state index in [2.05, 4.69) is 82.5 Å². The van der Waals surface area contributed by atoms with Gasteiger partial charge in [0.15, 0.2) is 0 Å². The van der Waals surface area contributed by atoms with Crippen molar-refractivity contribution in [2.75, 3.05) is 0 Å². The SMILES string of the molecule is [2H]c1c([2H])c([2H])c(-c2ccnc(-c3[c-]c(-c4cccc5c4nc(-c4cc(C)cc(C(C)(C)C)c4O)n5-c4ccc(C([2H])(C)C)cc4-c4ccccc4)cc(C(C)(C)C)c3)c2)c([2H])c1[2H].[Pt]. The average Bonchev–Trinajstić information content (AvgIpc) is 3.64. The third-order valence-electron chi connectivity index (χ3n) is 10.7. The van der Waals surface area contributed by atoms with E-state index in [1.165, 1.54) is 0 Å². The van der Waals surface area contributed by atoms with Gasteiger partial charge in [-0.25, -0.2) is 4.98 Å². The number of benzene rings is 6. The molecule has 0 radical (unpaired) electrons. The number of pyridine rings is 1. The molecule has 0 aliphatic rings. The molecule has 59 heavy (non-hydrogen) atoms. The summed E-state index contributed by atoms with van der Waals surface area (Å²) in [5, 5.41) is 12.2. The van der Waals surface area contributed by atoms with E-state index in [0.29, 0.717) is 33.7 Å². The Morgan fingerprint density at radius 1 is 0.712 bits per heavy atom. The number of aromatic nitrogens is 3. The standard InChI is InChI=1S/C54H52N3O.Pt/c1-34(2)38-23-24-48(44(32-38)37-19-14-11-15-20-37)57-49-22-16-21-43(50(49)56-52(57)45-27-35(3)28-46(51(45)58)54(7,8)9)40-29-41(31-42(30-40)53(4,5)6)47-33-39(25-26-55-47)36-17-12-10-13-18-36;/h10-28,30-34,58H,1-9H3;/q-1;/i10D,12D,13D,17D,18D,34D;. The van der Waals surface area contributed by atoms with Gasteiger partial charge in [0.2, 0.25) is 0 Å². The first-order valence-electron chi connectivity index (χ1n) is 22.7. The van der Waals surface area contributed by atoms with Gasteiger partial charge in [0.25, 0.3) is 0 Å². The maximum atomic E-state index is 12.2. The van der Waals surface area contributed by atoms with E-state index >= 15 is 0 Å². The van der Waals surface area contributed by atoms with Crippen molar-refractivity contribution in [3.05, 3.63) is 168 Å². The summed E-state index contributed by atoms with van der Waals surface area (Å²) in [6.45, 7) is 18.5. The van der Waals surface area contributed by atoms with Gasteiger partial charge in [-0.15, -0.1) is 29.3 Å². The van der Waals surface area contributed by atoms with Gasteiger partial charge >= 0.3 is 0 Å². The van der Waals surface area contributed by atoms with E-state index in [1.807, 2.05) is 81.4 Å². The van der Waals surface area contributed by atoms with E-state index in [4.69, 9.17) is 18.2 Å². The molecule has 0 unspecified atom stereocenters. The minimum atomic E-state index is -0.861. The summed E-state index contributed by atoms with van der Waals surface area (Å²) in [4.78, 5) is 10.2. The van der Waals surface area contributed by atoms with Crippen LogP contribution in [0.15, 0.2) is 140 Å². The number of aryl methyl sites for hydroxylation is 1. The molecule has 4 nitrogen and oxygen atoms in total. The molecule has 8 rings (SSSR count). The second kappa shape index (κ2) is 16.2. The predicted molar refractivity (Wildman–Crippen MR) is 243 cm³/mol. The Bertz CT molecular complexity index is 3110. The zero-order valence-corrected chi connectivity index (χ0v) is 37.3. The fourth-order valence-corrected chi connectivity index (χ4v) is 7.57. The third kappa shape index (κ3) is 8.21. The van der Waals surface area contributed by atoms with Gasteiger partial charge < -0.3 is 5.11 Å². The number of para-hydroxylation sites is 1. The van der Waals surface area contributed by atoms with Crippen LogP contribution in [-0.4, -0.2) is 19.6 Å². The minimum Gasteiger partial charge on any atom is -0.507 e. The molecule has 6 aromatic carbocycles. The molecule has 2 heterocycles. The number of aromatic hydroxyl groups is 1. The number of phenolic OH excluding ortho intramolecular Hbond substituents is 1. The van der Waals surface area contributed by atoms with Crippen LogP contribution in [0, 0.1) is 13.0 Å². The first kappa shape index (κ1) is 34.3. The molecule has 0 saturated carbocycles. The van der Waals surface area contributed by atoms with Crippen molar-refractivity contribution in [2.45, 2.75) is 79.0 Å². The third-order valence-corrected chi connectivity index (χ3v) is 10.7. The summed E-state index contributed by atoms with van der Waals surface area (Å²) in [6.07, 6.45) is 1.59. The maximum Gasteiger partial charge on any atom is 0.148 e. The molecule has 0 fully saturated rings. The van der Waals surface area contributed by atoms with Gasteiger partial charge in [0, 0.05) is 45.5 Å². The molecule has 0 atom stereocenters. The summed E-state index contributed by atoms with van der Waals surface area (Å²) < 4.78 is 53.2. The quantitative estimate of drug-likeness (QED) is 0.162. The van der Waals surface area contributed by atoms with Crippen molar-refractivity contribution in [1.29, 1.82) is 0 Å². The van der Waals surface area contributed by atoms with Crippen molar-refractivity contribution in [3.63, 3.8) is 0 Å². The molecule has 0 spiro atoms. The van der Waals surface area contributed by atoms with Crippen LogP contribution in [0.3, 0.4) is 0 Å². The van der Waals surface area contributed by atoms with E-state index in [-0.39, 0.29) is 55.3 Å². The summed E-state index contributed by atoms with van der Waals surface area (Å²) in [5.41, 5.74) is 11.1. The molecule has 5 heteroatoms.